The summed E-state index contributed by atoms with van der Waals surface area (Å²) in [6.45, 7) is 0.514. The van der Waals surface area contributed by atoms with Gasteiger partial charge in [-0.2, -0.15) is 18.4 Å². The quantitative estimate of drug-likeness (QED) is 0.634. The highest BCUT2D eigenvalue weighted by Gasteiger charge is 2.40. The third kappa shape index (κ3) is 4.91. The molecule has 1 atom stereocenters. The highest BCUT2D eigenvalue weighted by molar-refractivity contribution is 5.95. The van der Waals surface area contributed by atoms with E-state index in [1.807, 2.05) is 6.92 Å². The second kappa shape index (κ2) is 7.38. The van der Waals surface area contributed by atoms with Crippen molar-refractivity contribution >= 4 is 5.78 Å². The lowest BCUT2D eigenvalue weighted by molar-refractivity contribution is -0.153. The Hall–Kier alpha value is -2.52. The van der Waals surface area contributed by atoms with Gasteiger partial charge in [0, 0.05) is 29.7 Å². The fourth-order valence-corrected chi connectivity index (χ4v) is 3.65. The molecule has 2 heterocycles. The highest BCUT2D eigenvalue weighted by Crippen LogP contribution is 2.45. The van der Waals surface area contributed by atoms with Crippen molar-refractivity contribution in [1.82, 2.24) is 25.6 Å². The zero-order valence-corrected chi connectivity index (χ0v) is 16.0. The van der Waals surface area contributed by atoms with Crippen LogP contribution in [0, 0.1) is 5.92 Å². The SMILES string of the molecule is CC(CC(=O)c1cc(OCC(F)(F)F)c(C2CC2)cn1)(CC1CC1)c1nn[nH]n1. The lowest BCUT2D eigenvalue weighted by Gasteiger charge is -2.25. The molecule has 1 unspecified atom stereocenters. The number of nitrogens with one attached hydrogen (secondary N) is 1. The van der Waals surface area contributed by atoms with Gasteiger partial charge in [-0.05, 0) is 31.1 Å². The van der Waals surface area contributed by atoms with Gasteiger partial charge in [0.25, 0.3) is 0 Å². The van der Waals surface area contributed by atoms with Gasteiger partial charge in [0.15, 0.2) is 18.2 Å². The van der Waals surface area contributed by atoms with E-state index >= 15 is 0 Å². The van der Waals surface area contributed by atoms with Crippen LogP contribution in [0.5, 0.6) is 5.75 Å². The number of carbonyl (C=O) groups excluding carboxylic acids is 1. The number of nitrogens with zero attached hydrogens (tertiary/aromatic N) is 4. The summed E-state index contributed by atoms with van der Waals surface area (Å²) in [7, 11) is 0. The third-order valence-corrected chi connectivity index (χ3v) is 5.46. The first kappa shape index (κ1) is 19.8. The molecule has 0 bridgehead atoms. The number of hydrogen-bond donors (Lipinski definition) is 1. The second-order valence-electron chi connectivity index (χ2n) is 8.33. The molecule has 0 amide bonds. The predicted molar refractivity (Wildman–Crippen MR) is 95.6 cm³/mol. The van der Waals surface area contributed by atoms with Gasteiger partial charge in [-0.3, -0.25) is 9.78 Å². The summed E-state index contributed by atoms with van der Waals surface area (Å²) < 4.78 is 42.9. The summed E-state index contributed by atoms with van der Waals surface area (Å²) in [6.07, 6.45) is 1.84. The van der Waals surface area contributed by atoms with Gasteiger partial charge in [-0.25, -0.2) is 0 Å². The summed E-state index contributed by atoms with van der Waals surface area (Å²) >= 11 is 0. The van der Waals surface area contributed by atoms with E-state index in [1.54, 1.807) is 0 Å². The number of ether oxygens (including phenoxy) is 1. The Kier molecular flexibility index (Phi) is 5.04. The smallest absolute Gasteiger partial charge is 0.422 e. The van der Waals surface area contributed by atoms with Crippen LogP contribution in [0.15, 0.2) is 12.3 Å². The third-order valence-electron chi connectivity index (χ3n) is 5.46. The minimum atomic E-state index is -4.45. The van der Waals surface area contributed by atoms with Gasteiger partial charge in [0.05, 0.1) is 0 Å². The van der Waals surface area contributed by atoms with Crippen molar-refractivity contribution in [3.8, 4) is 5.75 Å². The second-order valence-corrected chi connectivity index (χ2v) is 8.33. The summed E-state index contributed by atoms with van der Waals surface area (Å²) in [5.41, 5.74) is 0.108. The molecular weight excluding hydrogens is 387 g/mol. The maximum atomic E-state index is 13.0. The molecule has 0 saturated heterocycles. The molecule has 2 saturated carbocycles. The first-order valence-electron chi connectivity index (χ1n) is 9.70. The molecule has 29 heavy (non-hydrogen) atoms. The molecule has 2 aliphatic rings. The number of halogens is 3. The van der Waals surface area contributed by atoms with Crippen LogP contribution in [-0.4, -0.2) is 44.2 Å². The van der Waals surface area contributed by atoms with Gasteiger partial charge in [-0.1, -0.05) is 25.0 Å². The molecule has 2 aromatic rings. The Labute approximate surface area is 165 Å². The van der Waals surface area contributed by atoms with Crippen LogP contribution in [0.4, 0.5) is 13.2 Å². The number of hydrogen-bond acceptors (Lipinski definition) is 6. The summed E-state index contributed by atoms with van der Waals surface area (Å²) in [5, 5.41) is 14.2. The lowest BCUT2D eigenvalue weighted by Crippen LogP contribution is -2.29. The molecule has 4 rings (SSSR count). The van der Waals surface area contributed by atoms with Crippen LogP contribution in [0.2, 0.25) is 0 Å². The Morgan fingerprint density at radius 3 is 2.62 bits per heavy atom. The monoisotopic (exact) mass is 409 g/mol. The summed E-state index contributed by atoms with van der Waals surface area (Å²) in [5.74, 6) is 0.932. The van der Waals surface area contributed by atoms with Gasteiger partial charge in [0.1, 0.15) is 11.4 Å². The molecule has 10 heteroatoms. The Balaban J connectivity index is 1.55. The van der Waals surface area contributed by atoms with Crippen LogP contribution in [0.1, 0.15) is 73.2 Å². The molecule has 7 nitrogen and oxygen atoms in total. The van der Waals surface area contributed by atoms with Crippen molar-refractivity contribution in [3.63, 3.8) is 0 Å². The standard InChI is InChI=1S/C19H22F3N5O2/c1-18(7-11-2-3-11,17-24-26-27-25-17)8-15(28)14-6-16(29-10-19(20,21)22)13(9-23-14)12-4-5-12/h6,9,11-12H,2-5,7-8,10H2,1H3,(H,24,25,26,27). The van der Waals surface area contributed by atoms with Crippen LogP contribution >= 0.6 is 0 Å². The summed E-state index contributed by atoms with van der Waals surface area (Å²) in [6, 6.07) is 1.34. The van der Waals surface area contributed by atoms with Crippen LogP contribution < -0.4 is 4.74 Å². The van der Waals surface area contributed by atoms with Gasteiger partial charge in [0.2, 0.25) is 0 Å². The molecule has 0 radical (unpaired) electrons. The van der Waals surface area contributed by atoms with E-state index in [1.165, 1.54) is 12.3 Å². The first-order valence-corrected chi connectivity index (χ1v) is 9.70. The number of tetrazole rings is 1. The number of pyridine rings is 1. The normalized spacial score (nSPS) is 19.0. The van der Waals surface area contributed by atoms with Crippen molar-refractivity contribution in [1.29, 1.82) is 0 Å². The minimum Gasteiger partial charge on any atom is -0.484 e. The molecule has 2 aromatic heterocycles. The number of carbonyl (C=O) groups is 1. The molecule has 0 aliphatic heterocycles. The van der Waals surface area contributed by atoms with Crippen molar-refractivity contribution in [3.05, 3.63) is 29.3 Å². The molecule has 2 aliphatic carbocycles. The number of H-pyrrole nitrogens is 1. The lowest BCUT2D eigenvalue weighted by atomic mass is 9.78. The minimum absolute atomic E-state index is 0.0895. The first-order chi connectivity index (χ1) is 13.7. The number of aromatic amines is 1. The number of Topliss-reactive ketones (excluding diaryl/α,β-unsaturated/α-hetero) is 1. The van der Waals surface area contributed by atoms with E-state index in [2.05, 4.69) is 25.6 Å². The van der Waals surface area contributed by atoms with E-state index in [0.29, 0.717) is 17.3 Å². The van der Waals surface area contributed by atoms with Crippen LogP contribution in [-0.2, 0) is 5.41 Å². The fourth-order valence-electron chi connectivity index (χ4n) is 3.65. The average Bonchev–Trinajstić information content (AvgIpc) is 3.59. The van der Waals surface area contributed by atoms with Crippen LogP contribution in [0.25, 0.3) is 0 Å². The molecule has 2 fully saturated rings. The average molecular weight is 409 g/mol. The van der Waals surface area contributed by atoms with Crippen molar-refractivity contribution in [2.45, 2.75) is 63.0 Å². The van der Waals surface area contributed by atoms with E-state index in [0.717, 1.165) is 32.1 Å². The molecule has 0 spiro atoms. The van der Waals surface area contributed by atoms with Gasteiger partial charge < -0.3 is 4.74 Å². The van der Waals surface area contributed by atoms with E-state index in [9.17, 15) is 18.0 Å². The number of ketones is 1. The predicted octanol–water partition coefficient (Wildman–Crippen LogP) is 3.74. The molecule has 156 valence electrons. The van der Waals surface area contributed by atoms with Crippen molar-refractivity contribution < 1.29 is 22.7 Å². The zero-order valence-electron chi connectivity index (χ0n) is 16.0. The Morgan fingerprint density at radius 2 is 2.03 bits per heavy atom. The molecular formula is C19H22F3N5O2. The Bertz CT molecular complexity index is 878. The fraction of sp³-hybridized carbons (Fsp3) is 0.632. The number of alkyl halides is 3. The van der Waals surface area contributed by atoms with Crippen molar-refractivity contribution in [2.75, 3.05) is 6.61 Å². The molecule has 0 aromatic carbocycles. The largest absolute Gasteiger partial charge is 0.484 e. The van der Waals surface area contributed by atoms with E-state index in [4.69, 9.17) is 4.74 Å². The summed E-state index contributed by atoms with van der Waals surface area (Å²) in [4.78, 5) is 17.2. The topological polar surface area (TPSA) is 93.6 Å². The zero-order chi connectivity index (χ0) is 20.6. The van der Waals surface area contributed by atoms with Crippen LogP contribution in [0.3, 0.4) is 0 Å². The maximum Gasteiger partial charge on any atom is 0.422 e. The number of aromatic nitrogens is 5. The van der Waals surface area contributed by atoms with E-state index in [-0.39, 0.29) is 29.6 Å². The van der Waals surface area contributed by atoms with Gasteiger partial charge in [-0.15, -0.1) is 10.2 Å². The van der Waals surface area contributed by atoms with E-state index < -0.39 is 18.2 Å². The number of rotatable bonds is 9. The Morgan fingerprint density at radius 1 is 1.28 bits per heavy atom. The van der Waals surface area contributed by atoms with Gasteiger partial charge >= 0.3 is 6.18 Å². The maximum absolute atomic E-state index is 13.0. The van der Waals surface area contributed by atoms with Crippen molar-refractivity contribution in [2.24, 2.45) is 5.92 Å². The highest BCUT2D eigenvalue weighted by atomic mass is 19.4. The molecule has 1 N–H and O–H groups in total.